The van der Waals surface area contributed by atoms with Crippen molar-refractivity contribution in [3.63, 3.8) is 0 Å². The summed E-state index contributed by atoms with van der Waals surface area (Å²) in [5.41, 5.74) is 2.85. The van der Waals surface area contributed by atoms with Gasteiger partial charge in [0.05, 0.1) is 29.9 Å². The van der Waals surface area contributed by atoms with E-state index in [1.54, 1.807) is 10.8 Å². The van der Waals surface area contributed by atoms with E-state index < -0.39 is 6.10 Å². The fourth-order valence-corrected chi connectivity index (χ4v) is 4.19. The van der Waals surface area contributed by atoms with Gasteiger partial charge in [-0.15, -0.1) is 6.58 Å². The van der Waals surface area contributed by atoms with Gasteiger partial charge in [-0.2, -0.15) is 5.10 Å². The number of hydrogen-bond acceptors (Lipinski definition) is 5. The maximum atomic E-state index is 10.6. The van der Waals surface area contributed by atoms with E-state index in [4.69, 9.17) is 26.2 Å². The molecule has 6 nitrogen and oxygen atoms in total. The first-order chi connectivity index (χ1) is 16.5. The van der Waals surface area contributed by atoms with Crippen LogP contribution in [0.5, 0.6) is 11.6 Å². The summed E-state index contributed by atoms with van der Waals surface area (Å²) in [6.45, 7) is 6.37. The Hall–Kier alpha value is -2.64. The van der Waals surface area contributed by atoms with Crippen LogP contribution in [-0.4, -0.2) is 52.2 Å². The molecule has 1 fully saturated rings. The molecule has 2 aromatic carbocycles. The normalized spacial score (nSPS) is 14.4. The summed E-state index contributed by atoms with van der Waals surface area (Å²) < 4.78 is 13.6. The lowest BCUT2D eigenvalue weighted by molar-refractivity contribution is 0.0235. The molecule has 1 aliphatic carbocycles. The molecule has 0 bridgehead atoms. The first-order valence-corrected chi connectivity index (χ1v) is 12.1. The van der Waals surface area contributed by atoms with Crippen molar-refractivity contribution in [3.05, 3.63) is 77.8 Å². The van der Waals surface area contributed by atoms with Crippen molar-refractivity contribution in [1.82, 2.24) is 14.7 Å². The van der Waals surface area contributed by atoms with E-state index in [1.165, 1.54) is 12.8 Å². The van der Waals surface area contributed by atoms with E-state index in [9.17, 15) is 5.11 Å². The Labute approximate surface area is 206 Å². The zero-order valence-corrected chi connectivity index (χ0v) is 20.3. The summed E-state index contributed by atoms with van der Waals surface area (Å²) in [5, 5.41) is 16.0. The Balaban J connectivity index is 1.65. The van der Waals surface area contributed by atoms with Crippen LogP contribution in [0, 0.1) is 5.92 Å². The Morgan fingerprint density at radius 2 is 1.94 bits per heavy atom. The van der Waals surface area contributed by atoms with Crippen LogP contribution in [-0.2, 0) is 18.3 Å². The number of rotatable bonds is 13. The maximum absolute atomic E-state index is 10.6. The van der Waals surface area contributed by atoms with Crippen molar-refractivity contribution in [2.24, 2.45) is 13.0 Å². The summed E-state index contributed by atoms with van der Waals surface area (Å²) in [5.74, 6) is 1.89. The molecule has 3 aromatic rings. The maximum Gasteiger partial charge on any atom is 0.222 e. The fourth-order valence-electron chi connectivity index (χ4n) is 4.01. The first kappa shape index (κ1) is 24.5. The van der Waals surface area contributed by atoms with Gasteiger partial charge in [0.25, 0.3) is 0 Å². The minimum Gasteiger partial charge on any atom is -0.437 e. The van der Waals surface area contributed by atoms with E-state index in [2.05, 4.69) is 11.5 Å². The minimum atomic E-state index is -0.594. The largest absolute Gasteiger partial charge is 0.437 e. The van der Waals surface area contributed by atoms with Crippen molar-refractivity contribution in [2.75, 3.05) is 26.3 Å². The monoisotopic (exact) mass is 481 g/mol. The summed E-state index contributed by atoms with van der Waals surface area (Å²) in [6.07, 6.45) is 3.54. The molecule has 4 rings (SSSR count). The average Bonchev–Trinajstić information content (AvgIpc) is 3.60. The predicted molar refractivity (Wildman–Crippen MR) is 135 cm³/mol. The van der Waals surface area contributed by atoms with Crippen LogP contribution >= 0.6 is 11.6 Å². The standard InChI is InChI=1S/C27H32ClN3O3/c1-3-15-33-19-22(32)17-31(16-20-13-14-20)18-23-26(21-9-5-4-6-10-21)29-30(2)27(23)34-25-12-8-7-11-24(25)28/h3-12,20,22,32H,1,13-19H2,2H3/t22-/m1/s1. The molecule has 0 radical (unpaired) electrons. The molecule has 1 aliphatic rings. The van der Waals surface area contributed by atoms with Gasteiger partial charge in [0, 0.05) is 32.2 Å². The number of halogens is 1. The van der Waals surface area contributed by atoms with E-state index in [0.29, 0.717) is 42.3 Å². The van der Waals surface area contributed by atoms with Gasteiger partial charge in [-0.25, -0.2) is 4.68 Å². The number of hydrogen-bond donors (Lipinski definition) is 1. The molecule has 7 heteroatoms. The second kappa shape index (κ2) is 11.7. The Kier molecular flexibility index (Phi) is 8.40. The lowest BCUT2D eigenvalue weighted by Gasteiger charge is -2.25. The molecule has 1 heterocycles. The molecule has 0 amide bonds. The van der Waals surface area contributed by atoms with Crippen molar-refractivity contribution in [3.8, 4) is 22.9 Å². The molecule has 0 unspecified atom stereocenters. The highest BCUT2D eigenvalue weighted by Gasteiger charge is 2.28. The lowest BCUT2D eigenvalue weighted by Crippen LogP contribution is -2.36. The van der Waals surface area contributed by atoms with Crippen molar-refractivity contribution in [1.29, 1.82) is 0 Å². The second-order valence-electron chi connectivity index (χ2n) is 8.77. The Morgan fingerprint density at radius 3 is 2.65 bits per heavy atom. The third kappa shape index (κ3) is 6.48. The number of aliphatic hydroxyl groups excluding tert-OH is 1. The number of aliphatic hydroxyl groups is 1. The topological polar surface area (TPSA) is 59.8 Å². The number of para-hydroxylation sites is 1. The molecule has 1 saturated carbocycles. The quantitative estimate of drug-likeness (QED) is 0.265. The van der Waals surface area contributed by atoms with Gasteiger partial charge in [0.1, 0.15) is 11.4 Å². The number of ether oxygens (including phenoxy) is 2. The second-order valence-corrected chi connectivity index (χ2v) is 9.18. The van der Waals surface area contributed by atoms with Gasteiger partial charge in [-0.1, -0.05) is 60.1 Å². The number of nitrogens with zero attached hydrogens (tertiary/aromatic N) is 3. The lowest BCUT2D eigenvalue weighted by atomic mass is 10.1. The summed E-state index contributed by atoms with van der Waals surface area (Å²) in [6, 6.07) is 17.5. The fraction of sp³-hybridized carbons (Fsp3) is 0.370. The average molecular weight is 482 g/mol. The van der Waals surface area contributed by atoms with Gasteiger partial charge in [-0.3, -0.25) is 4.90 Å². The highest BCUT2D eigenvalue weighted by Crippen LogP contribution is 2.37. The first-order valence-electron chi connectivity index (χ1n) is 11.7. The molecular formula is C27H32ClN3O3. The van der Waals surface area contributed by atoms with Crippen LogP contribution in [0.1, 0.15) is 18.4 Å². The smallest absolute Gasteiger partial charge is 0.222 e. The number of benzene rings is 2. The summed E-state index contributed by atoms with van der Waals surface area (Å²) in [7, 11) is 1.88. The molecule has 180 valence electrons. The number of aromatic nitrogens is 2. The molecule has 0 saturated heterocycles. The van der Waals surface area contributed by atoms with Crippen LogP contribution < -0.4 is 4.74 Å². The van der Waals surface area contributed by atoms with E-state index in [1.807, 2.05) is 61.6 Å². The van der Waals surface area contributed by atoms with Gasteiger partial charge < -0.3 is 14.6 Å². The summed E-state index contributed by atoms with van der Waals surface area (Å²) in [4.78, 5) is 2.28. The third-order valence-electron chi connectivity index (χ3n) is 5.79. The van der Waals surface area contributed by atoms with E-state index >= 15 is 0 Å². The Morgan fingerprint density at radius 1 is 1.21 bits per heavy atom. The van der Waals surface area contributed by atoms with Crippen LogP contribution in [0.15, 0.2) is 67.3 Å². The van der Waals surface area contributed by atoms with Crippen LogP contribution in [0.4, 0.5) is 0 Å². The molecule has 1 atom stereocenters. The molecule has 34 heavy (non-hydrogen) atoms. The van der Waals surface area contributed by atoms with E-state index in [0.717, 1.165) is 23.4 Å². The SMILES string of the molecule is C=CCOC[C@H](O)CN(Cc1c(-c2ccccc2)nn(C)c1Oc1ccccc1Cl)CC1CC1. The minimum absolute atomic E-state index is 0.273. The molecule has 0 aliphatic heterocycles. The summed E-state index contributed by atoms with van der Waals surface area (Å²) >= 11 is 6.40. The molecule has 0 spiro atoms. The van der Waals surface area contributed by atoms with Crippen LogP contribution in [0.2, 0.25) is 5.02 Å². The van der Waals surface area contributed by atoms with Crippen LogP contribution in [0.25, 0.3) is 11.3 Å². The molecular weight excluding hydrogens is 450 g/mol. The molecule has 1 aromatic heterocycles. The number of aryl methyl sites for hydroxylation is 1. The van der Waals surface area contributed by atoms with Gasteiger partial charge >= 0.3 is 0 Å². The Bertz CT molecular complexity index is 1080. The predicted octanol–water partition coefficient (Wildman–Crippen LogP) is 5.31. The third-order valence-corrected chi connectivity index (χ3v) is 6.10. The highest BCUT2D eigenvalue weighted by atomic mass is 35.5. The highest BCUT2D eigenvalue weighted by molar-refractivity contribution is 6.32. The van der Waals surface area contributed by atoms with Crippen LogP contribution in [0.3, 0.4) is 0 Å². The van der Waals surface area contributed by atoms with Crippen molar-refractivity contribution < 1.29 is 14.6 Å². The van der Waals surface area contributed by atoms with E-state index in [-0.39, 0.29) is 6.61 Å². The van der Waals surface area contributed by atoms with Gasteiger partial charge in [-0.05, 0) is 30.9 Å². The van der Waals surface area contributed by atoms with Crippen molar-refractivity contribution in [2.45, 2.75) is 25.5 Å². The molecule has 1 N–H and O–H groups in total. The van der Waals surface area contributed by atoms with Gasteiger partial charge in [0.15, 0.2) is 0 Å². The van der Waals surface area contributed by atoms with Gasteiger partial charge in [0.2, 0.25) is 5.88 Å². The zero-order valence-electron chi connectivity index (χ0n) is 19.6. The zero-order chi connectivity index (χ0) is 23.9. The van der Waals surface area contributed by atoms with Crippen molar-refractivity contribution >= 4 is 11.6 Å².